The average Bonchev–Trinajstić information content (AvgIpc) is 3.89. The predicted molar refractivity (Wildman–Crippen MR) is 309 cm³/mol. The molecule has 1 heterocycles. The molecule has 1 saturated heterocycles. The third-order valence-electron chi connectivity index (χ3n) is 15.0. The lowest BCUT2D eigenvalue weighted by atomic mass is 9.98. The van der Waals surface area contributed by atoms with Gasteiger partial charge in [-0.15, -0.1) is 0 Å². The van der Waals surface area contributed by atoms with Crippen LogP contribution in [0, 0.1) is 0 Å². The Labute approximate surface area is 425 Å². The van der Waals surface area contributed by atoms with Gasteiger partial charge in [-0.3, -0.25) is 0 Å². The summed E-state index contributed by atoms with van der Waals surface area (Å²) < 4.78 is 0. The molecular formula is C65H126N2. The molecule has 0 aromatic carbocycles. The molecule has 2 atom stereocenters. The number of unbranched alkanes of at least 4 members (excludes halogenated alkanes) is 32. The summed E-state index contributed by atoms with van der Waals surface area (Å²) in [6, 6.07) is 1.72. The van der Waals surface area contributed by atoms with Crippen molar-refractivity contribution in [2.75, 3.05) is 26.7 Å². The van der Waals surface area contributed by atoms with Gasteiger partial charge in [0.15, 0.2) is 0 Å². The lowest BCUT2D eigenvalue weighted by molar-refractivity contribution is 0.209. The first-order valence-electron chi connectivity index (χ1n) is 31.2. The van der Waals surface area contributed by atoms with Crippen molar-refractivity contribution >= 4 is 0 Å². The number of nitrogens with zero attached hydrogens (tertiary/aromatic N) is 2. The van der Waals surface area contributed by atoms with E-state index >= 15 is 0 Å². The molecule has 0 spiro atoms. The summed E-state index contributed by atoms with van der Waals surface area (Å²) in [5, 5.41) is 0. The summed E-state index contributed by atoms with van der Waals surface area (Å²) in [5.41, 5.74) is 0. The van der Waals surface area contributed by atoms with Crippen LogP contribution < -0.4 is 0 Å². The molecule has 0 radical (unpaired) electrons. The maximum atomic E-state index is 2.84. The Morgan fingerprint density at radius 1 is 0.328 bits per heavy atom. The molecule has 0 aromatic rings. The highest BCUT2D eigenvalue weighted by molar-refractivity contribution is 4.93. The maximum Gasteiger partial charge on any atom is 0.00952 e. The highest BCUT2D eigenvalue weighted by Crippen LogP contribution is 2.23. The molecule has 0 amide bonds. The summed E-state index contributed by atoms with van der Waals surface area (Å²) in [7, 11) is 2.34. The van der Waals surface area contributed by atoms with Gasteiger partial charge in [-0.25, -0.2) is 0 Å². The molecule has 1 fully saturated rings. The highest BCUT2D eigenvalue weighted by Gasteiger charge is 2.21. The molecule has 0 aromatic heterocycles. The van der Waals surface area contributed by atoms with E-state index in [1.807, 2.05) is 0 Å². The van der Waals surface area contributed by atoms with E-state index in [1.165, 1.54) is 302 Å². The minimum atomic E-state index is 0.823. The van der Waals surface area contributed by atoms with Gasteiger partial charge in [0.1, 0.15) is 0 Å². The monoisotopic (exact) mass is 935 g/mol. The molecule has 67 heavy (non-hydrogen) atoms. The first-order valence-corrected chi connectivity index (χ1v) is 31.2. The molecular weight excluding hydrogens is 809 g/mol. The number of allylic oxidation sites excluding steroid dienone is 8. The van der Waals surface area contributed by atoms with E-state index in [2.05, 4.69) is 100 Å². The molecule has 1 rings (SSSR count). The second-order valence-corrected chi connectivity index (χ2v) is 21.4. The van der Waals surface area contributed by atoms with Crippen molar-refractivity contribution in [1.29, 1.82) is 0 Å². The third-order valence-corrected chi connectivity index (χ3v) is 15.0. The van der Waals surface area contributed by atoms with Crippen LogP contribution in [0.2, 0.25) is 0 Å². The fraction of sp³-hybridized carbons (Fsp3) is 0.877. The van der Waals surface area contributed by atoms with Crippen LogP contribution in [-0.2, 0) is 0 Å². The van der Waals surface area contributed by atoms with Gasteiger partial charge >= 0.3 is 0 Å². The van der Waals surface area contributed by atoms with Crippen LogP contribution in [0.25, 0.3) is 0 Å². The van der Waals surface area contributed by atoms with Gasteiger partial charge in [0.2, 0.25) is 0 Å². The van der Waals surface area contributed by atoms with Gasteiger partial charge in [0.05, 0.1) is 0 Å². The number of rotatable bonds is 51. The van der Waals surface area contributed by atoms with Gasteiger partial charge in [0.25, 0.3) is 0 Å². The van der Waals surface area contributed by atoms with Gasteiger partial charge in [-0.05, 0) is 129 Å². The number of hydrogen-bond acceptors (Lipinski definition) is 2. The van der Waals surface area contributed by atoms with Crippen molar-refractivity contribution in [3.8, 4) is 0 Å². The molecule has 2 heteroatoms. The van der Waals surface area contributed by atoms with E-state index in [4.69, 9.17) is 0 Å². The Hall–Kier alpha value is -1.12. The predicted octanol–water partition coefficient (Wildman–Crippen LogP) is 22.2. The van der Waals surface area contributed by atoms with Crippen LogP contribution in [0.4, 0.5) is 0 Å². The molecule has 2 unspecified atom stereocenters. The smallest absolute Gasteiger partial charge is 0.00952 e. The molecule has 0 N–H and O–H groups in total. The van der Waals surface area contributed by atoms with Gasteiger partial charge in [-0.2, -0.15) is 0 Å². The third kappa shape index (κ3) is 49.7. The van der Waals surface area contributed by atoms with E-state index in [-0.39, 0.29) is 0 Å². The number of hydrogen-bond donors (Lipinski definition) is 0. The molecule has 2 nitrogen and oxygen atoms in total. The van der Waals surface area contributed by atoms with Crippen LogP contribution in [0.5, 0.6) is 0 Å². The average molecular weight is 936 g/mol. The Kier molecular flexibility index (Phi) is 56.5. The fourth-order valence-corrected chi connectivity index (χ4v) is 10.2. The van der Waals surface area contributed by atoms with E-state index in [0.29, 0.717) is 0 Å². The Morgan fingerprint density at radius 3 is 0.925 bits per heavy atom. The lowest BCUT2D eigenvalue weighted by Crippen LogP contribution is -2.32. The Bertz CT molecular complexity index is 1020. The summed E-state index contributed by atoms with van der Waals surface area (Å²) in [4.78, 5) is 5.44. The van der Waals surface area contributed by atoms with Gasteiger partial charge in [-0.1, -0.05) is 276 Å². The fourth-order valence-electron chi connectivity index (χ4n) is 10.2. The Morgan fingerprint density at radius 2 is 0.597 bits per heavy atom. The molecule has 1 aliphatic heterocycles. The van der Waals surface area contributed by atoms with E-state index < -0.39 is 0 Å². The van der Waals surface area contributed by atoms with E-state index in [9.17, 15) is 0 Å². The first kappa shape index (κ1) is 65.9. The maximum absolute atomic E-state index is 2.84. The van der Waals surface area contributed by atoms with Crippen molar-refractivity contribution in [1.82, 2.24) is 9.80 Å². The van der Waals surface area contributed by atoms with Gasteiger partial charge in [0, 0.05) is 12.1 Å². The van der Waals surface area contributed by atoms with Crippen molar-refractivity contribution < 1.29 is 0 Å². The molecule has 0 saturated carbocycles. The zero-order valence-electron chi connectivity index (χ0n) is 47.3. The van der Waals surface area contributed by atoms with Crippen LogP contribution in [0.3, 0.4) is 0 Å². The van der Waals surface area contributed by atoms with Crippen LogP contribution >= 0.6 is 0 Å². The first-order chi connectivity index (χ1) is 33.1. The summed E-state index contributed by atoms with van der Waals surface area (Å²) in [6.07, 6.45) is 83.2. The zero-order valence-corrected chi connectivity index (χ0v) is 47.3. The van der Waals surface area contributed by atoms with Crippen molar-refractivity contribution in [3.63, 3.8) is 0 Å². The standard InChI is InChI=1S/C33H63N.C32H63N/c1-3-5-7-9-11-12-13-14-15-16-17-18-19-20-22-24-26-30-33(34-31-27-28-32-34)29-25-23-21-10-8-6-4-2;1-5-8-10-12-14-15-16-17-18-19-20-21-22-23-25-27-29-31-32(33(4)7-3)30-28-26-24-13-11-9-6-2/h11-12,14-15,33H,3-10,13,16-32H2,1-2H3;14-15,17-18,32H,5-13,16,19-31H2,1-4H3/b12-11-,15-14-;15-14-,18-17-. The van der Waals surface area contributed by atoms with Crippen molar-refractivity contribution in [2.45, 2.75) is 342 Å². The molecule has 396 valence electrons. The minimum absolute atomic E-state index is 0.823. The number of likely N-dealkylation sites (tertiary alicyclic amines) is 1. The largest absolute Gasteiger partial charge is 0.304 e. The zero-order chi connectivity index (χ0) is 48.6. The second kappa shape index (κ2) is 57.5. The van der Waals surface area contributed by atoms with Crippen LogP contribution in [-0.4, -0.2) is 48.6 Å². The second-order valence-electron chi connectivity index (χ2n) is 21.4. The van der Waals surface area contributed by atoms with Crippen LogP contribution in [0.1, 0.15) is 330 Å². The summed E-state index contributed by atoms with van der Waals surface area (Å²) in [5.74, 6) is 0. The van der Waals surface area contributed by atoms with E-state index in [1.54, 1.807) is 0 Å². The highest BCUT2D eigenvalue weighted by atomic mass is 15.2. The summed E-state index contributed by atoms with van der Waals surface area (Å²) >= 11 is 0. The SMILES string of the molecule is CCCCC/C=C\C/C=C\CCCCCCCCCC(CCCCCCCCC)N(C)CC.CCCCC/C=C\C/C=C\CCCCCCCCCC(CCCCCCCCC)N1CCCC1. The summed E-state index contributed by atoms with van der Waals surface area (Å²) in [6.45, 7) is 15.4. The topological polar surface area (TPSA) is 6.48 Å². The molecule has 0 bridgehead atoms. The van der Waals surface area contributed by atoms with Crippen LogP contribution in [0.15, 0.2) is 48.6 Å². The normalized spacial score (nSPS) is 14.5. The quantitative estimate of drug-likeness (QED) is 0.0443. The van der Waals surface area contributed by atoms with Crippen molar-refractivity contribution in [2.24, 2.45) is 0 Å². The molecule has 1 aliphatic rings. The minimum Gasteiger partial charge on any atom is -0.304 e. The van der Waals surface area contributed by atoms with Gasteiger partial charge < -0.3 is 9.80 Å². The van der Waals surface area contributed by atoms with E-state index in [0.717, 1.165) is 24.9 Å². The molecule has 0 aliphatic carbocycles. The van der Waals surface area contributed by atoms with Crippen molar-refractivity contribution in [3.05, 3.63) is 48.6 Å². The Balaban J connectivity index is 0.00000130. The lowest BCUT2D eigenvalue weighted by Gasteiger charge is -2.27.